The summed E-state index contributed by atoms with van der Waals surface area (Å²) in [7, 11) is 0. The summed E-state index contributed by atoms with van der Waals surface area (Å²) in [6.07, 6.45) is 3.01. The van der Waals surface area contributed by atoms with Crippen LogP contribution in [0, 0.1) is 0 Å². The summed E-state index contributed by atoms with van der Waals surface area (Å²) >= 11 is 0. The molecule has 0 radical (unpaired) electrons. The first-order chi connectivity index (χ1) is 13.2. The molecule has 3 rings (SSSR count). The molecule has 0 aliphatic heterocycles. The van der Waals surface area contributed by atoms with E-state index in [1.165, 1.54) is 30.3 Å². The number of aryl methyl sites for hydroxylation is 1. The molecule has 1 aliphatic carbocycles. The van der Waals surface area contributed by atoms with Crippen LogP contribution in [-0.2, 0) is 12.8 Å². The van der Waals surface area contributed by atoms with Crippen LogP contribution in [0.3, 0.4) is 0 Å². The van der Waals surface area contributed by atoms with Crippen molar-refractivity contribution in [3.63, 3.8) is 0 Å². The lowest BCUT2D eigenvalue weighted by molar-refractivity contribution is 0.0680. The summed E-state index contributed by atoms with van der Waals surface area (Å²) in [6, 6.07) is 8.17. The van der Waals surface area contributed by atoms with Crippen molar-refractivity contribution in [3.8, 4) is 0 Å². The zero-order valence-electron chi connectivity index (χ0n) is 14.7. The first-order valence-electron chi connectivity index (χ1n) is 8.40. The van der Waals surface area contributed by atoms with E-state index >= 15 is 0 Å². The molecule has 0 aromatic heterocycles. The van der Waals surface area contributed by atoms with Crippen molar-refractivity contribution >= 4 is 23.9 Å². The van der Waals surface area contributed by atoms with Crippen molar-refractivity contribution < 1.29 is 39.6 Å². The highest BCUT2D eigenvalue weighted by molar-refractivity contribution is 5.98. The van der Waals surface area contributed by atoms with E-state index in [0.29, 0.717) is 18.4 Å². The molecular weight excluding hydrogens is 368 g/mol. The lowest BCUT2D eigenvalue weighted by Gasteiger charge is -2.10. The normalized spacial score (nSPS) is 12.1. The minimum atomic E-state index is -1.06. The minimum Gasteiger partial charge on any atom is -0.478 e. The highest BCUT2D eigenvalue weighted by Crippen LogP contribution is 2.27. The van der Waals surface area contributed by atoms with Gasteiger partial charge in [-0.15, -0.1) is 0 Å². The van der Waals surface area contributed by atoms with E-state index in [0.717, 1.165) is 18.4 Å². The molecular formula is C20H18O8. The Hall–Kier alpha value is -3.68. The van der Waals surface area contributed by atoms with Crippen molar-refractivity contribution in [2.75, 3.05) is 0 Å². The Bertz CT molecular complexity index is 895. The molecule has 8 nitrogen and oxygen atoms in total. The fourth-order valence-corrected chi connectivity index (χ4v) is 3.00. The molecule has 0 atom stereocenters. The summed E-state index contributed by atoms with van der Waals surface area (Å²) in [5, 5.41) is 35.1. The molecule has 2 aromatic rings. The summed E-state index contributed by atoms with van der Waals surface area (Å²) in [5.74, 6) is -4.19. The molecule has 0 unspecified atom stereocenters. The predicted octanol–water partition coefficient (Wildman–Crippen LogP) is 3.04. The molecule has 146 valence electrons. The van der Waals surface area contributed by atoms with E-state index in [4.69, 9.17) is 20.4 Å². The fraction of sp³-hybridized carbons (Fsp3) is 0.200. The van der Waals surface area contributed by atoms with E-state index in [9.17, 15) is 19.2 Å². The molecule has 2 bridgehead atoms. The SMILES string of the molecule is O=C(O)c1ccc(C(=O)O)cc1.O=C(O)c1ccc2c(C(=O)O)c1CCCC2. The zero-order valence-corrected chi connectivity index (χ0v) is 14.7. The second kappa shape index (κ2) is 8.81. The van der Waals surface area contributed by atoms with Gasteiger partial charge in [-0.3, -0.25) is 0 Å². The Kier molecular flexibility index (Phi) is 6.49. The molecule has 28 heavy (non-hydrogen) atoms. The quantitative estimate of drug-likeness (QED) is 0.626. The highest BCUT2D eigenvalue weighted by atomic mass is 16.4. The maximum Gasteiger partial charge on any atom is 0.336 e. The van der Waals surface area contributed by atoms with Gasteiger partial charge in [-0.05, 0) is 67.1 Å². The molecule has 0 saturated heterocycles. The van der Waals surface area contributed by atoms with Crippen molar-refractivity contribution in [1.29, 1.82) is 0 Å². The third-order valence-corrected chi connectivity index (χ3v) is 4.35. The van der Waals surface area contributed by atoms with Gasteiger partial charge in [0.15, 0.2) is 0 Å². The average molecular weight is 386 g/mol. The van der Waals surface area contributed by atoms with Gasteiger partial charge in [0.25, 0.3) is 0 Å². The van der Waals surface area contributed by atoms with Gasteiger partial charge in [0.2, 0.25) is 0 Å². The van der Waals surface area contributed by atoms with E-state index < -0.39 is 23.9 Å². The van der Waals surface area contributed by atoms with Crippen molar-refractivity contribution in [1.82, 2.24) is 0 Å². The maximum atomic E-state index is 11.2. The van der Waals surface area contributed by atoms with Crippen molar-refractivity contribution in [2.45, 2.75) is 25.7 Å². The van der Waals surface area contributed by atoms with E-state index in [1.54, 1.807) is 6.07 Å². The molecule has 0 spiro atoms. The number of aromatic carboxylic acids is 4. The Morgan fingerprint density at radius 2 is 1.11 bits per heavy atom. The Balaban J connectivity index is 0.000000209. The van der Waals surface area contributed by atoms with Crippen LogP contribution >= 0.6 is 0 Å². The van der Waals surface area contributed by atoms with E-state index in [1.807, 2.05) is 0 Å². The fourth-order valence-electron chi connectivity index (χ4n) is 3.00. The van der Waals surface area contributed by atoms with Crippen LogP contribution in [0.1, 0.15) is 65.4 Å². The van der Waals surface area contributed by atoms with Crippen LogP contribution in [0.2, 0.25) is 0 Å². The molecule has 0 saturated carbocycles. The molecule has 2 aromatic carbocycles. The van der Waals surface area contributed by atoms with Crippen LogP contribution in [0.25, 0.3) is 0 Å². The van der Waals surface area contributed by atoms with E-state index in [2.05, 4.69) is 0 Å². The number of rotatable bonds is 4. The minimum absolute atomic E-state index is 0.0833. The number of hydrogen-bond acceptors (Lipinski definition) is 4. The van der Waals surface area contributed by atoms with Gasteiger partial charge in [0.05, 0.1) is 22.3 Å². The zero-order chi connectivity index (χ0) is 20.8. The highest BCUT2D eigenvalue weighted by Gasteiger charge is 2.23. The monoisotopic (exact) mass is 386 g/mol. The first kappa shape index (κ1) is 20.6. The Labute approximate surface area is 159 Å². The molecule has 8 heteroatoms. The van der Waals surface area contributed by atoms with Gasteiger partial charge >= 0.3 is 23.9 Å². The lowest BCUT2D eigenvalue weighted by atomic mass is 9.95. The predicted molar refractivity (Wildman–Crippen MR) is 97.4 cm³/mol. The molecule has 0 heterocycles. The van der Waals surface area contributed by atoms with Gasteiger partial charge < -0.3 is 20.4 Å². The van der Waals surface area contributed by atoms with Gasteiger partial charge in [-0.1, -0.05) is 6.07 Å². The first-order valence-corrected chi connectivity index (χ1v) is 8.40. The summed E-state index contributed by atoms with van der Waals surface area (Å²) < 4.78 is 0. The second-order valence-electron chi connectivity index (χ2n) is 6.13. The Morgan fingerprint density at radius 1 is 0.607 bits per heavy atom. The molecule has 0 amide bonds. The Morgan fingerprint density at radius 3 is 1.54 bits per heavy atom. The van der Waals surface area contributed by atoms with Crippen LogP contribution in [-0.4, -0.2) is 44.3 Å². The smallest absolute Gasteiger partial charge is 0.336 e. The molecule has 0 fully saturated rings. The topological polar surface area (TPSA) is 149 Å². The molecule has 4 N–H and O–H groups in total. The lowest BCUT2D eigenvalue weighted by Crippen LogP contribution is -2.11. The third-order valence-electron chi connectivity index (χ3n) is 4.35. The molecule has 1 aliphatic rings. The maximum absolute atomic E-state index is 11.2. The number of benzene rings is 2. The summed E-state index contributed by atoms with van der Waals surface area (Å²) in [5.41, 5.74) is 1.74. The van der Waals surface area contributed by atoms with Crippen LogP contribution in [0.4, 0.5) is 0 Å². The van der Waals surface area contributed by atoms with Crippen molar-refractivity contribution in [2.24, 2.45) is 0 Å². The van der Waals surface area contributed by atoms with Gasteiger partial charge in [0, 0.05) is 0 Å². The number of fused-ring (bicyclic) bond motifs is 2. The third kappa shape index (κ3) is 4.73. The van der Waals surface area contributed by atoms with Gasteiger partial charge in [-0.25, -0.2) is 19.2 Å². The van der Waals surface area contributed by atoms with Gasteiger partial charge in [0.1, 0.15) is 0 Å². The van der Waals surface area contributed by atoms with Crippen LogP contribution in [0.15, 0.2) is 36.4 Å². The second-order valence-corrected chi connectivity index (χ2v) is 6.13. The number of hydrogen-bond donors (Lipinski definition) is 4. The summed E-state index contributed by atoms with van der Waals surface area (Å²) in [6.45, 7) is 0. The van der Waals surface area contributed by atoms with E-state index in [-0.39, 0.29) is 22.3 Å². The number of carbonyl (C=O) groups is 4. The van der Waals surface area contributed by atoms with Crippen LogP contribution in [0.5, 0.6) is 0 Å². The summed E-state index contributed by atoms with van der Waals surface area (Å²) in [4.78, 5) is 42.8. The standard InChI is InChI=1S/C12H12O4.C8H6O4/c13-11(14)9-6-5-7-3-1-2-4-8(9)10(7)12(15)16;9-7(10)5-1-2-6(4-3-5)8(11)12/h5-6H,1-4H2,(H,13,14)(H,15,16);1-4H,(H,9,10)(H,11,12). The largest absolute Gasteiger partial charge is 0.478 e. The van der Waals surface area contributed by atoms with Crippen LogP contribution < -0.4 is 0 Å². The van der Waals surface area contributed by atoms with Crippen molar-refractivity contribution in [3.05, 3.63) is 69.8 Å². The number of carboxylic acid groups (broad SMARTS) is 4. The van der Waals surface area contributed by atoms with Gasteiger partial charge in [-0.2, -0.15) is 0 Å². The average Bonchev–Trinajstić information content (AvgIpc) is 2.79. The number of carboxylic acids is 4.